The first-order valence-corrected chi connectivity index (χ1v) is 12.3. The Labute approximate surface area is 218 Å². The van der Waals surface area contributed by atoms with Crippen LogP contribution in [0.1, 0.15) is 18.4 Å². The Bertz CT molecular complexity index is 1220. The van der Waals surface area contributed by atoms with Crippen molar-refractivity contribution in [2.75, 3.05) is 31.4 Å². The summed E-state index contributed by atoms with van der Waals surface area (Å²) in [6.07, 6.45) is 0. The minimum Gasteiger partial charge on any atom is -0.460 e. The van der Waals surface area contributed by atoms with Crippen molar-refractivity contribution in [1.29, 1.82) is 5.26 Å². The van der Waals surface area contributed by atoms with Gasteiger partial charge >= 0.3 is 5.97 Å². The SMILES string of the molecule is COCCOC(=O)C1=C(C)NC(SCC(=O)Nc2cccc(Cl)c2)=C(C#N)[C@@H]1c1ccccc1Cl. The fraction of sp³-hybridized carbons (Fsp3) is 0.240. The van der Waals surface area contributed by atoms with E-state index >= 15 is 0 Å². The van der Waals surface area contributed by atoms with Gasteiger partial charge in [-0.05, 0) is 36.8 Å². The van der Waals surface area contributed by atoms with Crippen LogP contribution in [0.2, 0.25) is 10.0 Å². The molecule has 1 heterocycles. The average molecular weight is 532 g/mol. The molecule has 0 aromatic heterocycles. The van der Waals surface area contributed by atoms with Crippen LogP contribution >= 0.6 is 35.0 Å². The van der Waals surface area contributed by atoms with E-state index in [2.05, 4.69) is 16.7 Å². The van der Waals surface area contributed by atoms with Crippen molar-refractivity contribution in [3.8, 4) is 6.07 Å². The van der Waals surface area contributed by atoms with Crippen LogP contribution in [0.4, 0.5) is 5.69 Å². The summed E-state index contributed by atoms with van der Waals surface area (Å²) in [7, 11) is 1.51. The number of esters is 1. The highest BCUT2D eigenvalue weighted by Crippen LogP contribution is 2.43. The molecule has 1 amide bonds. The molecule has 0 fully saturated rings. The van der Waals surface area contributed by atoms with Crippen molar-refractivity contribution < 1.29 is 19.1 Å². The summed E-state index contributed by atoms with van der Waals surface area (Å²) in [4.78, 5) is 25.6. The second kappa shape index (κ2) is 12.7. The van der Waals surface area contributed by atoms with E-state index in [1.54, 1.807) is 55.5 Å². The third kappa shape index (κ3) is 6.80. The number of carbonyl (C=O) groups excluding carboxylic acids is 2. The highest BCUT2D eigenvalue weighted by molar-refractivity contribution is 8.03. The number of anilines is 1. The average Bonchev–Trinajstić information content (AvgIpc) is 2.82. The molecule has 0 unspecified atom stereocenters. The van der Waals surface area contributed by atoms with Crippen LogP contribution < -0.4 is 10.6 Å². The lowest BCUT2D eigenvalue weighted by Gasteiger charge is -2.29. The molecule has 10 heteroatoms. The maximum Gasteiger partial charge on any atom is 0.336 e. The number of carbonyl (C=O) groups is 2. The van der Waals surface area contributed by atoms with Gasteiger partial charge in [-0.1, -0.05) is 59.2 Å². The molecule has 0 saturated heterocycles. The van der Waals surface area contributed by atoms with Gasteiger partial charge in [-0.3, -0.25) is 4.79 Å². The number of dihydropyridines is 1. The molecule has 0 bridgehead atoms. The van der Waals surface area contributed by atoms with Crippen molar-refractivity contribution >= 4 is 52.5 Å². The third-order valence-electron chi connectivity index (χ3n) is 5.06. The zero-order valence-electron chi connectivity index (χ0n) is 19.1. The molecule has 0 aliphatic carbocycles. The van der Waals surface area contributed by atoms with E-state index in [9.17, 15) is 14.9 Å². The fourth-order valence-electron chi connectivity index (χ4n) is 3.51. The Morgan fingerprint density at radius 3 is 2.63 bits per heavy atom. The number of methoxy groups -OCH3 is 1. The number of thioether (sulfide) groups is 1. The molecule has 0 saturated carbocycles. The molecule has 182 valence electrons. The Hall–Kier alpha value is -2.96. The van der Waals surface area contributed by atoms with Gasteiger partial charge in [0.25, 0.3) is 0 Å². The number of rotatable bonds is 9. The van der Waals surface area contributed by atoms with Gasteiger partial charge in [0.1, 0.15) is 6.61 Å². The molecule has 1 aliphatic heterocycles. The Balaban J connectivity index is 1.89. The van der Waals surface area contributed by atoms with Crippen molar-refractivity contribution in [2.24, 2.45) is 0 Å². The van der Waals surface area contributed by atoms with Gasteiger partial charge in [0, 0.05) is 28.5 Å². The van der Waals surface area contributed by atoms with E-state index in [4.69, 9.17) is 32.7 Å². The predicted octanol–water partition coefficient (Wildman–Crippen LogP) is 5.25. The van der Waals surface area contributed by atoms with Gasteiger partial charge in [0.15, 0.2) is 0 Å². The van der Waals surface area contributed by atoms with E-state index in [1.165, 1.54) is 7.11 Å². The zero-order valence-corrected chi connectivity index (χ0v) is 21.4. The van der Waals surface area contributed by atoms with Gasteiger partial charge in [-0.15, -0.1) is 0 Å². The molecular weight excluding hydrogens is 509 g/mol. The zero-order chi connectivity index (χ0) is 25.4. The summed E-state index contributed by atoms with van der Waals surface area (Å²) in [6, 6.07) is 16.0. The molecule has 7 nitrogen and oxygen atoms in total. The van der Waals surface area contributed by atoms with Crippen LogP contribution in [0.15, 0.2) is 70.4 Å². The molecule has 0 spiro atoms. The molecule has 0 radical (unpaired) electrons. The van der Waals surface area contributed by atoms with Crippen molar-refractivity contribution in [3.63, 3.8) is 0 Å². The van der Waals surface area contributed by atoms with Crippen LogP contribution in [0.3, 0.4) is 0 Å². The third-order valence-corrected chi connectivity index (χ3v) is 6.66. The Kier molecular flexibility index (Phi) is 9.64. The molecule has 2 aromatic carbocycles. The summed E-state index contributed by atoms with van der Waals surface area (Å²) in [6.45, 7) is 2.03. The number of halogens is 2. The van der Waals surface area contributed by atoms with Gasteiger partial charge in [-0.2, -0.15) is 5.26 Å². The summed E-state index contributed by atoms with van der Waals surface area (Å²) in [5, 5.41) is 17.4. The van der Waals surface area contributed by atoms with E-state index in [0.717, 1.165) is 11.8 Å². The number of hydrogen-bond donors (Lipinski definition) is 2. The minimum absolute atomic E-state index is 0.0240. The smallest absolute Gasteiger partial charge is 0.336 e. The molecule has 1 aliphatic rings. The largest absolute Gasteiger partial charge is 0.460 e. The second-order valence-corrected chi connectivity index (χ2v) is 9.28. The standard InChI is InChI=1S/C25H23Cl2N3O4S/c1-15-22(25(32)34-11-10-33-2)23(18-8-3-4-9-20(18)27)19(13-28)24(29-15)35-14-21(31)30-17-7-5-6-16(26)12-17/h3-9,12,23,29H,10-11,14H2,1-2H3,(H,30,31)/t23-/m0/s1. The molecule has 2 aromatic rings. The maximum absolute atomic E-state index is 13.0. The molecule has 3 rings (SSSR count). The van der Waals surface area contributed by atoms with Crippen LogP contribution in [0, 0.1) is 11.3 Å². The van der Waals surface area contributed by atoms with Gasteiger partial charge < -0.3 is 20.1 Å². The highest BCUT2D eigenvalue weighted by atomic mass is 35.5. The molecule has 1 atom stereocenters. The number of nitriles is 1. The number of nitrogens with one attached hydrogen (secondary N) is 2. The minimum atomic E-state index is -0.761. The molecular formula is C25H23Cl2N3O4S. The number of ether oxygens (including phenoxy) is 2. The van der Waals surface area contributed by atoms with Crippen LogP contribution in [0.25, 0.3) is 0 Å². The monoisotopic (exact) mass is 531 g/mol. The van der Waals surface area contributed by atoms with Crippen LogP contribution in [-0.2, 0) is 19.1 Å². The normalized spacial score (nSPS) is 15.3. The lowest BCUT2D eigenvalue weighted by Crippen LogP contribution is -2.30. The Morgan fingerprint density at radius 2 is 1.94 bits per heavy atom. The van der Waals surface area contributed by atoms with E-state index in [1.807, 2.05) is 0 Å². The molecule has 35 heavy (non-hydrogen) atoms. The lowest BCUT2D eigenvalue weighted by atomic mass is 9.82. The number of allylic oxidation sites excluding steroid dienone is 2. The maximum atomic E-state index is 13.0. The van der Waals surface area contributed by atoms with E-state index in [0.29, 0.717) is 32.0 Å². The number of nitrogens with zero attached hydrogens (tertiary/aromatic N) is 1. The van der Waals surface area contributed by atoms with Crippen molar-refractivity contribution in [1.82, 2.24) is 5.32 Å². The van der Waals surface area contributed by atoms with Gasteiger partial charge in [-0.25, -0.2) is 4.79 Å². The fourth-order valence-corrected chi connectivity index (χ4v) is 4.84. The quantitative estimate of drug-likeness (QED) is 0.336. The number of amides is 1. The summed E-state index contributed by atoms with van der Waals surface area (Å²) in [5.41, 5.74) is 2.21. The number of hydrogen-bond acceptors (Lipinski definition) is 7. The van der Waals surface area contributed by atoms with Crippen LogP contribution in [0.5, 0.6) is 0 Å². The first-order chi connectivity index (χ1) is 16.8. The van der Waals surface area contributed by atoms with E-state index in [-0.39, 0.29) is 36.0 Å². The van der Waals surface area contributed by atoms with Gasteiger partial charge in [0.2, 0.25) is 5.91 Å². The van der Waals surface area contributed by atoms with Crippen molar-refractivity contribution in [3.05, 3.63) is 86.0 Å². The van der Waals surface area contributed by atoms with Gasteiger partial charge in [0.05, 0.1) is 40.5 Å². The summed E-state index contributed by atoms with van der Waals surface area (Å²) < 4.78 is 10.3. The topological polar surface area (TPSA) is 100 Å². The highest BCUT2D eigenvalue weighted by Gasteiger charge is 2.36. The lowest BCUT2D eigenvalue weighted by molar-refractivity contribution is -0.140. The first-order valence-electron chi connectivity index (χ1n) is 10.6. The Morgan fingerprint density at radius 1 is 1.17 bits per heavy atom. The summed E-state index contributed by atoms with van der Waals surface area (Å²) in [5.74, 6) is -1.59. The molecule has 2 N–H and O–H groups in total. The summed E-state index contributed by atoms with van der Waals surface area (Å²) >= 11 is 13.6. The van der Waals surface area contributed by atoms with Crippen LogP contribution in [-0.4, -0.2) is 38.0 Å². The first kappa shape index (κ1) is 26.6. The van der Waals surface area contributed by atoms with Crippen molar-refractivity contribution in [2.45, 2.75) is 12.8 Å². The second-order valence-electron chi connectivity index (χ2n) is 7.45. The van der Waals surface area contributed by atoms with E-state index < -0.39 is 11.9 Å². The number of benzene rings is 2. The predicted molar refractivity (Wildman–Crippen MR) is 138 cm³/mol.